The van der Waals surface area contributed by atoms with Crippen LogP contribution in [0, 0.1) is 6.92 Å². The van der Waals surface area contributed by atoms with Crippen LogP contribution in [-0.4, -0.2) is 9.13 Å². The lowest BCUT2D eigenvalue weighted by atomic mass is 10.1. The van der Waals surface area contributed by atoms with Crippen molar-refractivity contribution in [3.63, 3.8) is 0 Å². The lowest BCUT2D eigenvalue weighted by Crippen LogP contribution is -1.98. The van der Waals surface area contributed by atoms with E-state index in [0.717, 1.165) is 4.57 Å². The number of fused-ring (bicyclic) bond motifs is 6. The predicted molar refractivity (Wildman–Crippen MR) is 120 cm³/mol. The number of nitrogens with zero attached hydrogens (tertiary/aromatic N) is 2. The van der Waals surface area contributed by atoms with E-state index in [1.54, 1.807) is 0 Å². The van der Waals surface area contributed by atoms with Crippen LogP contribution in [0.25, 0.3) is 49.3 Å². The summed E-state index contributed by atoms with van der Waals surface area (Å²) in [5, 5.41) is -0.311. The predicted octanol–water partition coefficient (Wildman–Crippen LogP) is 6.74. The van der Waals surface area contributed by atoms with Crippen LogP contribution in [0.4, 0.5) is 0 Å². The molecule has 0 saturated carbocycles. The van der Waals surface area contributed by atoms with Crippen LogP contribution < -0.4 is 0 Å². The van der Waals surface area contributed by atoms with Crippen molar-refractivity contribution in [2.45, 2.75) is 6.92 Å². The minimum absolute atomic E-state index is 0.00718. The summed E-state index contributed by atoms with van der Waals surface area (Å²) in [7, 11) is 1.46. The first-order valence-corrected chi connectivity index (χ1v) is 8.57. The van der Waals surface area contributed by atoms with Gasteiger partial charge in [0.15, 0.2) is 0 Å². The zero-order valence-electron chi connectivity index (χ0n) is 28.9. The second-order valence-electron chi connectivity index (χ2n) is 6.51. The highest BCUT2D eigenvalue weighted by Crippen LogP contribution is 2.37. The minimum Gasteiger partial charge on any atom is -0.342 e. The lowest BCUT2D eigenvalue weighted by Gasteiger charge is -2.11. The van der Waals surface area contributed by atoms with E-state index in [2.05, 4.69) is 0 Å². The van der Waals surface area contributed by atoms with Gasteiger partial charge in [0.2, 0.25) is 0 Å². The SMILES string of the molecule is [2H]c1c([2H])c([2H])c2c(c1[2H])c1c([2H])c([2H])c([2H])c(-n3c4c([2H])c([2H])c([2H])c([2H])c4c4c([2H])c(C)c([2H])c([2H])c43)c1n2C. The Labute approximate surface area is 182 Å². The van der Waals surface area contributed by atoms with Gasteiger partial charge in [-0.15, -0.1) is 0 Å². The molecule has 0 radical (unpaired) electrons. The van der Waals surface area contributed by atoms with E-state index in [-0.39, 0.29) is 66.9 Å². The van der Waals surface area contributed by atoms with Gasteiger partial charge in [0, 0.05) is 34.1 Å². The molecule has 28 heavy (non-hydrogen) atoms. The van der Waals surface area contributed by atoms with E-state index in [0.29, 0.717) is 0 Å². The molecule has 0 saturated heterocycles. The molecule has 0 spiro atoms. The van der Waals surface area contributed by atoms with Gasteiger partial charge in [0.05, 0.1) is 41.4 Å². The summed E-state index contributed by atoms with van der Waals surface area (Å²) in [6.45, 7) is 1.45. The summed E-state index contributed by atoms with van der Waals surface area (Å²) in [5.41, 5.74) is -0.516. The van der Waals surface area contributed by atoms with Gasteiger partial charge in [-0.25, -0.2) is 0 Å². The molecule has 134 valence electrons. The number of aryl methyl sites for hydroxylation is 1. The molecule has 2 nitrogen and oxygen atoms in total. The molecule has 4 aromatic carbocycles. The Morgan fingerprint density at radius 3 is 2.11 bits per heavy atom. The average molecular weight is 375 g/mol. The summed E-state index contributed by atoms with van der Waals surface area (Å²) in [4.78, 5) is 0. The number of aromatic nitrogens is 2. The fourth-order valence-corrected chi connectivity index (χ4v) is 3.74. The molecule has 6 rings (SSSR count). The first-order valence-electron chi connectivity index (χ1n) is 15.6. The van der Waals surface area contributed by atoms with Crippen molar-refractivity contribution in [2.24, 2.45) is 7.05 Å². The number of hydrogen-bond donors (Lipinski definition) is 0. The molecule has 0 aliphatic carbocycles. The van der Waals surface area contributed by atoms with Crippen molar-refractivity contribution in [1.29, 1.82) is 0 Å². The van der Waals surface area contributed by atoms with Gasteiger partial charge in [0.1, 0.15) is 0 Å². The largest absolute Gasteiger partial charge is 0.342 e. The molecule has 2 aromatic heterocycles. The Bertz CT molecular complexity index is 2180. The molecule has 0 amide bonds. The van der Waals surface area contributed by atoms with E-state index >= 15 is 0 Å². The summed E-state index contributed by atoms with van der Waals surface area (Å²) < 4.78 is 123. The maximum absolute atomic E-state index is 8.99. The number of benzene rings is 4. The first kappa shape index (κ1) is 7.14. The van der Waals surface area contributed by atoms with E-state index in [1.807, 2.05) is 0 Å². The third-order valence-corrected chi connectivity index (χ3v) is 4.92. The van der Waals surface area contributed by atoms with Crippen LogP contribution in [0.3, 0.4) is 0 Å². The van der Waals surface area contributed by atoms with Gasteiger partial charge in [-0.3, -0.25) is 0 Å². The quantitative estimate of drug-likeness (QED) is 0.302. The zero-order valence-corrected chi connectivity index (χ0v) is 14.9. The maximum Gasteiger partial charge on any atom is 0.0733 e. The van der Waals surface area contributed by atoms with Crippen molar-refractivity contribution in [3.8, 4) is 5.69 Å². The molecule has 0 aliphatic heterocycles. The van der Waals surface area contributed by atoms with Crippen LogP contribution in [-0.2, 0) is 7.05 Å². The van der Waals surface area contributed by atoms with Gasteiger partial charge in [-0.2, -0.15) is 0 Å². The monoisotopic (exact) mass is 374 g/mol. The Morgan fingerprint density at radius 2 is 1.29 bits per heavy atom. The highest BCUT2D eigenvalue weighted by atomic mass is 15.0. The van der Waals surface area contributed by atoms with Gasteiger partial charge < -0.3 is 9.13 Å². The second kappa shape index (κ2) is 5.49. The summed E-state index contributed by atoms with van der Waals surface area (Å²) >= 11 is 0. The molecule has 2 heteroatoms. The van der Waals surface area contributed by atoms with Crippen molar-refractivity contribution in [1.82, 2.24) is 9.13 Å². The average Bonchev–Trinajstić information content (AvgIpc) is 3.47. The normalized spacial score (nSPS) is 18.9. The molecule has 0 bridgehead atoms. The number of para-hydroxylation sites is 3. The third-order valence-electron chi connectivity index (χ3n) is 4.92. The summed E-state index contributed by atoms with van der Waals surface area (Å²) in [5.74, 6) is 0. The second-order valence-corrected chi connectivity index (χ2v) is 6.51. The van der Waals surface area contributed by atoms with Gasteiger partial charge >= 0.3 is 0 Å². The molecule has 0 unspecified atom stereocenters. The Kier molecular flexibility index (Phi) is 1.40. The van der Waals surface area contributed by atoms with Crippen LogP contribution >= 0.6 is 0 Å². The van der Waals surface area contributed by atoms with Gasteiger partial charge in [-0.1, -0.05) is 59.9 Å². The Hall–Kier alpha value is -3.52. The van der Waals surface area contributed by atoms with Crippen molar-refractivity contribution in [3.05, 3.63) is 90.2 Å². The topological polar surface area (TPSA) is 9.86 Å². The van der Waals surface area contributed by atoms with Gasteiger partial charge in [-0.05, 0) is 37.1 Å². The molecule has 0 N–H and O–H groups in total. The molecule has 6 aromatic rings. The maximum atomic E-state index is 8.99. The molecule has 0 fully saturated rings. The Morgan fingerprint density at radius 1 is 0.643 bits per heavy atom. The molecule has 2 heterocycles. The summed E-state index contributed by atoms with van der Waals surface area (Å²) in [6, 6.07) is -6.93. The van der Waals surface area contributed by atoms with Crippen LogP contribution in [0.2, 0.25) is 0 Å². The van der Waals surface area contributed by atoms with Gasteiger partial charge in [0.25, 0.3) is 0 Å². The van der Waals surface area contributed by atoms with Crippen molar-refractivity contribution < 1.29 is 19.2 Å². The Balaban J connectivity index is 2.07. The van der Waals surface area contributed by atoms with E-state index in [9.17, 15) is 0 Å². The van der Waals surface area contributed by atoms with Crippen LogP contribution in [0.5, 0.6) is 0 Å². The van der Waals surface area contributed by atoms with E-state index in [4.69, 9.17) is 19.2 Å². The van der Waals surface area contributed by atoms with Crippen LogP contribution in [0.15, 0.2) is 84.6 Å². The molecular weight excluding hydrogens is 340 g/mol. The zero-order chi connectivity index (χ0) is 31.0. The molecule has 0 atom stereocenters. The fourth-order valence-electron chi connectivity index (χ4n) is 3.74. The molecule has 0 aliphatic rings. The van der Waals surface area contributed by atoms with E-state index < -0.39 is 72.5 Å². The first-order chi connectivity index (χ1) is 19.6. The third kappa shape index (κ3) is 1.92. The molecular formula is C26H20N2. The van der Waals surface area contributed by atoms with Crippen molar-refractivity contribution >= 4 is 43.6 Å². The fraction of sp³-hybridized carbons (Fsp3) is 0.0769. The van der Waals surface area contributed by atoms with E-state index in [1.165, 1.54) is 18.5 Å². The summed E-state index contributed by atoms with van der Waals surface area (Å²) in [6.07, 6.45) is 0. The smallest absolute Gasteiger partial charge is 0.0733 e. The standard InChI is InChI=1S/C26H20N2/c1-17-14-15-24-21(16-17)19-9-4-6-12-23(19)28(24)25-13-7-10-20-18-8-3-5-11-22(18)27(2)26(20)25/h3-16H,1-2H3/i3D,4D,5D,6D,7D,8D,9D,10D,11D,12D,13D,14D,15D,16D. The number of rotatable bonds is 1. The van der Waals surface area contributed by atoms with Crippen LogP contribution in [0.1, 0.15) is 24.8 Å². The van der Waals surface area contributed by atoms with Crippen molar-refractivity contribution in [2.75, 3.05) is 0 Å². The number of hydrogen-bond acceptors (Lipinski definition) is 0. The highest BCUT2D eigenvalue weighted by Gasteiger charge is 2.17. The highest BCUT2D eigenvalue weighted by molar-refractivity contribution is 6.14. The lowest BCUT2D eigenvalue weighted by molar-refractivity contribution is 1.00. The minimum atomic E-state index is -0.625.